The van der Waals surface area contributed by atoms with Crippen molar-refractivity contribution < 1.29 is 4.42 Å². The summed E-state index contributed by atoms with van der Waals surface area (Å²) in [5.41, 5.74) is 0.546. The zero-order chi connectivity index (χ0) is 12.3. The van der Waals surface area contributed by atoms with Crippen LogP contribution in [0, 0.1) is 41.9 Å². The topological polar surface area (TPSA) is 49.8 Å². The quantitative estimate of drug-likeness (QED) is 0.758. The minimum absolute atomic E-state index is 0.480. The first-order valence-electron chi connectivity index (χ1n) is 7.12. The van der Waals surface area contributed by atoms with Crippen LogP contribution in [0.5, 0.6) is 0 Å². The van der Waals surface area contributed by atoms with Crippen molar-refractivity contribution in [3.8, 4) is 6.07 Å². The lowest BCUT2D eigenvalue weighted by molar-refractivity contribution is -0.00993. The van der Waals surface area contributed by atoms with Crippen molar-refractivity contribution in [2.75, 3.05) is 0 Å². The van der Waals surface area contributed by atoms with Gasteiger partial charge in [0.15, 0.2) is 11.6 Å². The third-order valence-corrected chi connectivity index (χ3v) is 5.40. The van der Waals surface area contributed by atoms with Crippen molar-refractivity contribution in [1.29, 1.82) is 5.26 Å². The lowest BCUT2D eigenvalue weighted by Crippen LogP contribution is -2.43. The molecule has 0 N–H and O–H groups in total. The molecule has 18 heavy (non-hydrogen) atoms. The molecule has 0 aromatic carbocycles. The maximum atomic E-state index is 9.21. The second kappa shape index (κ2) is 3.60. The number of oxazole rings is 1. The highest BCUT2D eigenvalue weighted by Gasteiger charge is 2.50. The van der Waals surface area contributed by atoms with E-state index >= 15 is 0 Å². The Morgan fingerprint density at radius 2 is 1.72 bits per heavy atom. The molecule has 4 saturated carbocycles. The molecule has 0 spiro atoms. The lowest BCUT2D eigenvalue weighted by atomic mass is 9.51. The summed E-state index contributed by atoms with van der Waals surface area (Å²) >= 11 is 0. The van der Waals surface area contributed by atoms with Crippen LogP contribution < -0.4 is 0 Å². The highest BCUT2D eigenvalue weighted by Crippen LogP contribution is 2.60. The molecule has 0 aliphatic heterocycles. The van der Waals surface area contributed by atoms with Gasteiger partial charge in [0.1, 0.15) is 11.8 Å². The molecule has 3 heteroatoms. The van der Waals surface area contributed by atoms with E-state index in [1.54, 1.807) is 0 Å². The summed E-state index contributed by atoms with van der Waals surface area (Å²) < 4.78 is 5.80. The van der Waals surface area contributed by atoms with Crippen LogP contribution in [0.4, 0.5) is 0 Å². The van der Waals surface area contributed by atoms with Gasteiger partial charge in [-0.1, -0.05) is 0 Å². The minimum atomic E-state index is 0.480. The lowest BCUT2D eigenvalue weighted by Gasteiger charge is -2.53. The molecule has 0 atom stereocenters. The molecule has 0 unspecified atom stereocenters. The number of nitriles is 1. The molecule has 1 aromatic rings. The average Bonchev–Trinajstić information content (AvgIpc) is 2.69. The molecule has 0 saturated heterocycles. The molecule has 1 aromatic heterocycles. The highest BCUT2D eigenvalue weighted by atomic mass is 16.4. The Balaban J connectivity index is 1.74. The van der Waals surface area contributed by atoms with Gasteiger partial charge in [-0.15, -0.1) is 0 Å². The van der Waals surface area contributed by atoms with Crippen molar-refractivity contribution in [2.45, 2.75) is 44.9 Å². The molecule has 3 nitrogen and oxygen atoms in total. The van der Waals surface area contributed by atoms with Gasteiger partial charge in [-0.2, -0.15) is 5.26 Å². The molecular weight excluding hydrogens is 224 g/mol. The van der Waals surface area contributed by atoms with E-state index in [0.717, 1.165) is 29.4 Å². The number of aryl methyl sites for hydroxylation is 1. The maximum Gasteiger partial charge on any atom is 0.192 e. The Hall–Kier alpha value is -1.30. The van der Waals surface area contributed by atoms with Gasteiger partial charge in [0.25, 0.3) is 0 Å². The first-order chi connectivity index (χ1) is 8.74. The van der Waals surface area contributed by atoms with Crippen molar-refractivity contribution in [2.24, 2.45) is 23.7 Å². The Morgan fingerprint density at radius 1 is 1.11 bits per heavy atom. The molecule has 1 heterocycles. The largest absolute Gasteiger partial charge is 0.444 e. The first-order valence-corrected chi connectivity index (χ1v) is 7.12. The van der Waals surface area contributed by atoms with Crippen LogP contribution >= 0.6 is 0 Å². The number of nitrogens with zero attached hydrogens (tertiary/aromatic N) is 2. The monoisotopic (exact) mass is 242 g/mol. The molecule has 4 fully saturated rings. The van der Waals surface area contributed by atoms with E-state index in [1.807, 2.05) is 6.92 Å². The maximum absolute atomic E-state index is 9.21. The van der Waals surface area contributed by atoms with Gasteiger partial charge in [0.2, 0.25) is 0 Å². The van der Waals surface area contributed by atoms with E-state index in [2.05, 4.69) is 11.1 Å². The predicted octanol–water partition coefficient (Wildman–Crippen LogP) is 3.39. The fourth-order valence-corrected chi connectivity index (χ4v) is 5.10. The van der Waals surface area contributed by atoms with Crippen LogP contribution in [-0.4, -0.2) is 4.98 Å². The Kier molecular flexibility index (Phi) is 2.12. The summed E-state index contributed by atoms with van der Waals surface area (Å²) in [5.74, 6) is 5.45. The van der Waals surface area contributed by atoms with Crippen LogP contribution in [0.3, 0.4) is 0 Å². The summed E-state index contributed by atoms with van der Waals surface area (Å²) in [7, 11) is 0. The van der Waals surface area contributed by atoms with Gasteiger partial charge < -0.3 is 4.42 Å². The number of aromatic nitrogens is 1. The fraction of sp³-hybridized carbons (Fsp3) is 0.733. The van der Waals surface area contributed by atoms with E-state index < -0.39 is 0 Å². The average molecular weight is 242 g/mol. The number of hydrogen-bond acceptors (Lipinski definition) is 3. The predicted molar refractivity (Wildman–Crippen MR) is 65.7 cm³/mol. The third kappa shape index (κ3) is 1.38. The van der Waals surface area contributed by atoms with Crippen LogP contribution in [0.25, 0.3) is 0 Å². The van der Waals surface area contributed by atoms with Gasteiger partial charge >= 0.3 is 0 Å². The molecule has 4 bridgehead atoms. The summed E-state index contributed by atoms with van der Waals surface area (Å²) in [6, 6.07) is 2.22. The molecule has 94 valence electrons. The number of rotatable bonds is 1. The van der Waals surface area contributed by atoms with Gasteiger partial charge in [-0.25, -0.2) is 4.98 Å². The molecule has 0 radical (unpaired) electrons. The van der Waals surface area contributed by atoms with E-state index in [0.29, 0.717) is 17.5 Å². The molecule has 0 amide bonds. The minimum Gasteiger partial charge on any atom is -0.444 e. The highest BCUT2D eigenvalue weighted by molar-refractivity contribution is 5.29. The van der Waals surface area contributed by atoms with E-state index in [-0.39, 0.29) is 0 Å². The molecule has 4 aliphatic rings. The van der Waals surface area contributed by atoms with Gasteiger partial charge in [-0.05, 0) is 55.8 Å². The summed E-state index contributed by atoms with van der Waals surface area (Å²) in [5, 5.41) is 9.21. The van der Waals surface area contributed by atoms with Crippen LogP contribution in [0.15, 0.2) is 4.42 Å². The third-order valence-electron chi connectivity index (χ3n) is 5.40. The molecule has 5 rings (SSSR count). The van der Waals surface area contributed by atoms with Crippen LogP contribution in [-0.2, 0) is 0 Å². The van der Waals surface area contributed by atoms with Crippen LogP contribution in [0.2, 0.25) is 0 Å². The Morgan fingerprint density at radius 3 is 2.28 bits per heavy atom. The second-order valence-electron chi connectivity index (χ2n) is 6.51. The van der Waals surface area contributed by atoms with Gasteiger partial charge in [0.05, 0.1) is 0 Å². The standard InChI is InChI=1S/C15H18N2O/c1-8-17-13(7-16)15(18-8)14-11-3-9-2-10(5-11)6-12(14)4-9/h9-12,14H,2-6H2,1H3. The van der Waals surface area contributed by atoms with E-state index in [4.69, 9.17) is 4.42 Å². The summed E-state index contributed by atoms with van der Waals surface area (Å²) in [4.78, 5) is 4.23. The normalized spacial score (nSPS) is 41.0. The fourth-order valence-electron chi connectivity index (χ4n) is 5.10. The summed E-state index contributed by atoms with van der Waals surface area (Å²) in [6.07, 6.45) is 6.86. The van der Waals surface area contributed by atoms with Crippen molar-refractivity contribution in [3.05, 3.63) is 17.3 Å². The van der Waals surface area contributed by atoms with Crippen molar-refractivity contribution >= 4 is 0 Å². The van der Waals surface area contributed by atoms with Crippen molar-refractivity contribution in [3.63, 3.8) is 0 Å². The van der Waals surface area contributed by atoms with E-state index in [1.165, 1.54) is 32.1 Å². The Bertz CT molecular complexity index is 497. The smallest absolute Gasteiger partial charge is 0.192 e. The zero-order valence-electron chi connectivity index (χ0n) is 10.7. The Labute approximate surface area is 107 Å². The number of hydrogen-bond donors (Lipinski definition) is 0. The molecular formula is C15H18N2O. The van der Waals surface area contributed by atoms with Gasteiger partial charge in [-0.3, -0.25) is 0 Å². The SMILES string of the molecule is Cc1nc(C#N)c(C2C3CC4CC(C3)CC2C4)o1. The van der Waals surface area contributed by atoms with Crippen LogP contribution in [0.1, 0.15) is 55.4 Å². The van der Waals surface area contributed by atoms with Gasteiger partial charge in [0, 0.05) is 12.8 Å². The van der Waals surface area contributed by atoms with Crippen molar-refractivity contribution in [1.82, 2.24) is 4.98 Å². The second-order valence-corrected chi connectivity index (χ2v) is 6.51. The first kappa shape index (κ1) is 10.6. The van der Waals surface area contributed by atoms with E-state index in [9.17, 15) is 5.26 Å². The zero-order valence-corrected chi connectivity index (χ0v) is 10.7. The summed E-state index contributed by atoms with van der Waals surface area (Å²) in [6.45, 7) is 1.85. The molecule has 4 aliphatic carbocycles.